The first-order valence-corrected chi connectivity index (χ1v) is 5.67. The maximum absolute atomic E-state index is 4.40. The zero-order chi connectivity index (χ0) is 11.3. The summed E-state index contributed by atoms with van der Waals surface area (Å²) in [5.74, 6) is 0.408. The lowest BCUT2D eigenvalue weighted by molar-refractivity contribution is 0.472. The average molecular weight is 207 g/mol. The molecule has 84 valence electrons. The number of rotatable bonds is 5. The normalized spacial score (nSPS) is 14.9. The lowest BCUT2D eigenvalue weighted by Gasteiger charge is -2.21. The van der Waals surface area contributed by atoms with Crippen molar-refractivity contribution in [2.45, 2.75) is 46.1 Å². The van der Waals surface area contributed by atoms with Gasteiger partial charge in [-0.15, -0.1) is 0 Å². The van der Waals surface area contributed by atoms with E-state index in [-0.39, 0.29) is 0 Å². The van der Waals surface area contributed by atoms with Gasteiger partial charge in [0.05, 0.1) is 11.4 Å². The Labute approximate surface area is 92.3 Å². The maximum Gasteiger partial charge on any atom is 0.0659 e. The van der Waals surface area contributed by atoms with Crippen LogP contribution in [0.2, 0.25) is 0 Å². The summed E-state index contributed by atoms with van der Waals surface area (Å²) in [7, 11) is 0. The van der Waals surface area contributed by atoms with E-state index >= 15 is 0 Å². The molecule has 0 radical (unpaired) electrons. The van der Waals surface area contributed by atoms with Crippen LogP contribution in [0.5, 0.6) is 0 Å². The second-order valence-electron chi connectivity index (χ2n) is 4.06. The standard InChI is InChI=1S/C12H21N3/c1-5-6-13-10(3)9(2)12-11(4)14-7-8-15-12/h7-10,13H,5-6H2,1-4H3. The van der Waals surface area contributed by atoms with E-state index in [2.05, 4.69) is 36.1 Å². The Kier molecular flexibility index (Phi) is 4.69. The lowest BCUT2D eigenvalue weighted by atomic mass is 9.98. The van der Waals surface area contributed by atoms with Crippen LogP contribution in [-0.2, 0) is 0 Å². The second kappa shape index (κ2) is 5.81. The number of nitrogens with zero attached hydrogens (tertiary/aromatic N) is 2. The molecule has 1 aromatic heterocycles. The van der Waals surface area contributed by atoms with Crippen LogP contribution in [0.4, 0.5) is 0 Å². The highest BCUT2D eigenvalue weighted by atomic mass is 14.9. The van der Waals surface area contributed by atoms with Gasteiger partial charge in [0.25, 0.3) is 0 Å². The van der Waals surface area contributed by atoms with E-state index in [0.717, 1.165) is 24.4 Å². The van der Waals surface area contributed by atoms with Crippen molar-refractivity contribution in [2.75, 3.05) is 6.54 Å². The minimum atomic E-state index is 0.408. The predicted molar refractivity (Wildman–Crippen MR) is 62.9 cm³/mol. The van der Waals surface area contributed by atoms with Gasteiger partial charge in [0, 0.05) is 24.4 Å². The third-order valence-electron chi connectivity index (χ3n) is 2.82. The highest BCUT2D eigenvalue weighted by Crippen LogP contribution is 2.18. The van der Waals surface area contributed by atoms with Gasteiger partial charge in [-0.05, 0) is 26.8 Å². The fourth-order valence-electron chi connectivity index (χ4n) is 1.65. The summed E-state index contributed by atoms with van der Waals surface area (Å²) in [5, 5.41) is 3.49. The van der Waals surface area contributed by atoms with E-state index in [0.29, 0.717) is 12.0 Å². The molecule has 0 spiro atoms. The Morgan fingerprint density at radius 3 is 2.53 bits per heavy atom. The summed E-state index contributed by atoms with van der Waals surface area (Å²) >= 11 is 0. The molecule has 1 N–H and O–H groups in total. The quantitative estimate of drug-likeness (QED) is 0.805. The van der Waals surface area contributed by atoms with Crippen LogP contribution in [0.25, 0.3) is 0 Å². The van der Waals surface area contributed by atoms with Crippen molar-refractivity contribution in [1.29, 1.82) is 0 Å². The van der Waals surface area contributed by atoms with E-state index in [1.165, 1.54) is 0 Å². The van der Waals surface area contributed by atoms with Gasteiger partial charge in [0.2, 0.25) is 0 Å². The molecule has 1 rings (SSSR count). The largest absolute Gasteiger partial charge is 0.314 e. The molecule has 1 heterocycles. The monoisotopic (exact) mass is 207 g/mol. The number of aromatic nitrogens is 2. The molecule has 0 aliphatic rings. The van der Waals surface area contributed by atoms with Gasteiger partial charge in [-0.25, -0.2) is 0 Å². The number of aryl methyl sites for hydroxylation is 1. The molecular formula is C12H21N3. The van der Waals surface area contributed by atoms with Crippen LogP contribution in [0.1, 0.15) is 44.5 Å². The minimum absolute atomic E-state index is 0.408. The number of hydrogen-bond donors (Lipinski definition) is 1. The van der Waals surface area contributed by atoms with Crippen molar-refractivity contribution in [2.24, 2.45) is 0 Å². The zero-order valence-electron chi connectivity index (χ0n) is 10.1. The van der Waals surface area contributed by atoms with Gasteiger partial charge in [-0.1, -0.05) is 13.8 Å². The molecule has 0 aliphatic heterocycles. The Balaban J connectivity index is 2.67. The maximum atomic E-state index is 4.40. The molecule has 15 heavy (non-hydrogen) atoms. The summed E-state index contributed by atoms with van der Waals surface area (Å²) in [5.41, 5.74) is 2.14. The highest BCUT2D eigenvalue weighted by molar-refractivity contribution is 5.15. The predicted octanol–water partition coefficient (Wildman–Crippen LogP) is 2.28. The molecule has 0 amide bonds. The van der Waals surface area contributed by atoms with Gasteiger partial charge < -0.3 is 5.32 Å². The number of hydrogen-bond acceptors (Lipinski definition) is 3. The van der Waals surface area contributed by atoms with Crippen molar-refractivity contribution < 1.29 is 0 Å². The summed E-state index contributed by atoms with van der Waals surface area (Å²) in [4.78, 5) is 8.68. The molecule has 0 fully saturated rings. The third kappa shape index (κ3) is 3.27. The van der Waals surface area contributed by atoms with E-state index < -0.39 is 0 Å². The van der Waals surface area contributed by atoms with E-state index in [1.54, 1.807) is 12.4 Å². The number of nitrogens with one attached hydrogen (secondary N) is 1. The van der Waals surface area contributed by atoms with Gasteiger partial charge in [0.15, 0.2) is 0 Å². The first kappa shape index (κ1) is 12.1. The molecule has 3 heteroatoms. The lowest BCUT2D eigenvalue weighted by Crippen LogP contribution is -2.32. The molecule has 0 bridgehead atoms. The molecule has 0 saturated carbocycles. The first-order valence-electron chi connectivity index (χ1n) is 5.67. The van der Waals surface area contributed by atoms with E-state index in [1.807, 2.05) is 6.92 Å². The Bertz CT molecular complexity index is 299. The van der Waals surface area contributed by atoms with Gasteiger partial charge in [-0.3, -0.25) is 9.97 Å². The molecule has 0 aromatic carbocycles. The summed E-state index contributed by atoms with van der Waals surface area (Å²) in [6.07, 6.45) is 4.68. The molecule has 2 atom stereocenters. The Morgan fingerprint density at radius 1 is 1.27 bits per heavy atom. The van der Waals surface area contributed by atoms with E-state index in [9.17, 15) is 0 Å². The zero-order valence-corrected chi connectivity index (χ0v) is 10.1. The van der Waals surface area contributed by atoms with Crippen molar-refractivity contribution in [3.05, 3.63) is 23.8 Å². The van der Waals surface area contributed by atoms with Crippen LogP contribution in [-0.4, -0.2) is 22.6 Å². The van der Waals surface area contributed by atoms with Gasteiger partial charge in [0.1, 0.15) is 0 Å². The fraction of sp³-hybridized carbons (Fsp3) is 0.667. The Hall–Kier alpha value is -0.960. The molecule has 0 aliphatic carbocycles. The van der Waals surface area contributed by atoms with Crippen LogP contribution in [0, 0.1) is 6.92 Å². The molecule has 3 nitrogen and oxygen atoms in total. The van der Waals surface area contributed by atoms with Gasteiger partial charge in [-0.2, -0.15) is 0 Å². The summed E-state index contributed by atoms with van der Waals surface area (Å²) in [6.45, 7) is 9.66. The SMILES string of the molecule is CCCNC(C)C(C)c1nccnc1C. The third-order valence-corrected chi connectivity index (χ3v) is 2.82. The topological polar surface area (TPSA) is 37.8 Å². The van der Waals surface area contributed by atoms with Gasteiger partial charge >= 0.3 is 0 Å². The smallest absolute Gasteiger partial charge is 0.0659 e. The molecular weight excluding hydrogens is 186 g/mol. The van der Waals surface area contributed by atoms with Crippen LogP contribution < -0.4 is 5.32 Å². The van der Waals surface area contributed by atoms with E-state index in [4.69, 9.17) is 0 Å². The van der Waals surface area contributed by atoms with Crippen molar-refractivity contribution >= 4 is 0 Å². The van der Waals surface area contributed by atoms with Crippen molar-refractivity contribution in [3.8, 4) is 0 Å². The van der Waals surface area contributed by atoms with Crippen molar-refractivity contribution in [1.82, 2.24) is 15.3 Å². The minimum Gasteiger partial charge on any atom is -0.314 e. The summed E-state index contributed by atoms with van der Waals surface area (Å²) < 4.78 is 0. The van der Waals surface area contributed by atoms with Crippen LogP contribution >= 0.6 is 0 Å². The molecule has 1 aromatic rings. The summed E-state index contributed by atoms with van der Waals surface area (Å²) in [6, 6.07) is 0.445. The first-order chi connectivity index (χ1) is 7.16. The second-order valence-corrected chi connectivity index (χ2v) is 4.06. The van der Waals surface area contributed by atoms with Crippen LogP contribution in [0.3, 0.4) is 0 Å². The highest BCUT2D eigenvalue weighted by Gasteiger charge is 2.16. The molecule has 2 unspecified atom stereocenters. The Morgan fingerprint density at radius 2 is 1.93 bits per heavy atom. The average Bonchev–Trinajstić information content (AvgIpc) is 2.25. The fourth-order valence-corrected chi connectivity index (χ4v) is 1.65. The van der Waals surface area contributed by atoms with Crippen molar-refractivity contribution in [3.63, 3.8) is 0 Å². The molecule has 0 saturated heterocycles. The van der Waals surface area contributed by atoms with Crippen LogP contribution in [0.15, 0.2) is 12.4 Å².